The van der Waals surface area contributed by atoms with Gasteiger partial charge in [0.15, 0.2) is 0 Å². The molecule has 1 aromatic carbocycles. The first-order valence-electron chi connectivity index (χ1n) is 6.99. The smallest absolute Gasteiger partial charge is 0.237 e. The van der Waals surface area contributed by atoms with Crippen molar-refractivity contribution in [2.24, 2.45) is 5.73 Å². The van der Waals surface area contributed by atoms with Crippen LogP contribution in [0.1, 0.15) is 5.82 Å². The second-order valence-corrected chi connectivity index (χ2v) is 5.24. The monoisotopic (exact) mass is 289 g/mol. The van der Waals surface area contributed by atoms with Crippen LogP contribution in [0.4, 0.5) is 5.69 Å². The number of nitrogens with two attached hydrogens (primary N) is 2. The summed E-state index contributed by atoms with van der Waals surface area (Å²) in [6.45, 7) is 2.42. The molecule has 3 rings (SSSR count). The Morgan fingerprint density at radius 3 is 3.19 bits per heavy atom. The second kappa shape index (κ2) is 5.71. The minimum absolute atomic E-state index is 0.341. The third-order valence-electron chi connectivity index (χ3n) is 3.76. The summed E-state index contributed by atoms with van der Waals surface area (Å²) in [5, 5.41) is 0. The van der Waals surface area contributed by atoms with E-state index < -0.39 is 0 Å². The molecule has 0 radical (unpaired) electrons. The lowest BCUT2D eigenvalue weighted by atomic mass is 10.2. The van der Waals surface area contributed by atoms with Gasteiger partial charge in [0, 0.05) is 25.2 Å². The lowest BCUT2D eigenvalue weighted by molar-refractivity contribution is -0.129. The first-order chi connectivity index (χ1) is 10.1. The highest BCUT2D eigenvalue weighted by Crippen LogP contribution is 2.16. The lowest BCUT2D eigenvalue weighted by Crippen LogP contribution is -2.52. The molecule has 2 heterocycles. The molecule has 0 spiro atoms. The number of fused-ring (bicyclic) bond motifs is 1. The third kappa shape index (κ3) is 2.98. The number of rotatable bonds is 4. The number of aromatic nitrogens is 2. The fraction of sp³-hybridized carbons (Fsp3) is 0.429. The average Bonchev–Trinajstić information content (AvgIpc) is 2.87. The molecule has 21 heavy (non-hydrogen) atoms. The number of hydrogen-bond acceptors (Lipinski definition) is 5. The van der Waals surface area contributed by atoms with Gasteiger partial charge >= 0.3 is 0 Å². The number of benzene rings is 1. The number of aromatic amines is 1. The van der Waals surface area contributed by atoms with Crippen molar-refractivity contribution in [1.29, 1.82) is 0 Å². The Hall–Kier alpha value is -2.12. The standard InChI is InChI=1S/C14H19N5O2/c15-9-1-2-10-11(7-9)18-13(17-10)3-4-19-5-6-21-8-12(19)14(16)20/h1-2,7,12H,3-6,8,15H2,(H2,16,20)(H,17,18). The molecule has 1 saturated heterocycles. The van der Waals surface area contributed by atoms with Crippen LogP contribution in [-0.2, 0) is 16.0 Å². The summed E-state index contributed by atoms with van der Waals surface area (Å²) >= 11 is 0. The van der Waals surface area contributed by atoms with Gasteiger partial charge in [0.25, 0.3) is 0 Å². The summed E-state index contributed by atoms with van der Waals surface area (Å²) < 4.78 is 5.31. The van der Waals surface area contributed by atoms with Crippen molar-refractivity contribution < 1.29 is 9.53 Å². The van der Waals surface area contributed by atoms with E-state index >= 15 is 0 Å². The van der Waals surface area contributed by atoms with Crippen molar-refractivity contribution in [2.45, 2.75) is 12.5 Å². The number of nitrogen functional groups attached to an aromatic ring is 1. The van der Waals surface area contributed by atoms with Gasteiger partial charge in [-0.05, 0) is 18.2 Å². The van der Waals surface area contributed by atoms with Crippen LogP contribution >= 0.6 is 0 Å². The maximum Gasteiger partial charge on any atom is 0.237 e. The second-order valence-electron chi connectivity index (χ2n) is 5.24. The van der Waals surface area contributed by atoms with Crippen molar-refractivity contribution in [3.05, 3.63) is 24.0 Å². The van der Waals surface area contributed by atoms with Gasteiger partial charge in [0.2, 0.25) is 5.91 Å². The van der Waals surface area contributed by atoms with Gasteiger partial charge < -0.3 is 21.2 Å². The van der Waals surface area contributed by atoms with Crippen LogP contribution in [0.3, 0.4) is 0 Å². The molecule has 112 valence electrons. The number of carbonyl (C=O) groups is 1. The summed E-state index contributed by atoms with van der Waals surface area (Å²) in [5.41, 5.74) is 13.7. The predicted octanol–water partition coefficient (Wildman–Crippen LogP) is -0.126. The predicted molar refractivity (Wildman–Crippen MR) is 79.6 cm³/mol. The van der Waals surface area contributed by atoms with Crippen molar-refractivity contribution in [3.8, 4) is 0 Å². The van der Waals surface area contributed by atoms with Gasteiger partial charge in [-0.3, -0.25) is 9.69 Å². The highest BCUT2D eigenvalue weighted by Gasteiger charge is 2.27. The van der Waals surface area contributed by atoms with E-state index in [0.717, 1.165) is 23.3 Å². The molecule has 0 saturated carbocycles. The first kappa shape index (κ1) is 13.8. The highest BCUT2D eigenvalue weighted by atomic mass is 16.5. The van der Waals surface area contributed by atoms with E-state index in [1.165, 1.54) is 0 Å². The number of nitrogens with zero attached hydrogens (tertiary/aromatic N) is 2. The van der Waals surface area contributed by atoms with E-state index in [4.69, 9.17) is 16.2 Å². The summed E-state index contributed by atoms with van der Waals surface area (Å²) in [6.07, 6.45) is 0.721. The first-order valence-corrected chi connectivity index (χ1v) is 6.99. The Kier molecular flexibility index (Phi) is 3.76. The number of hydrogen-bond donors (Lipinski definition) is 3. The fourth-order valence-electron chi connectivity index (χ4n) is 2.62. The van der Waals surface area contributed by atoms with Gasteiger partial charge in [0.05, 0.1) is 24.2 Å². The van der Waals surface area contributed by atoms with Crippen LogP contribution in [0.15, 0.2) is 18.2 Å². The highest BCUT2D eigenvalue weighted by molar-refractivity contribution is 5.80. The van der Waals surface area contributed by atoms with Crippen molar-refractivity contribution >= 4 is 22.6 Å². The van der Waals surface area contributed by atoms with Crippen molar-refractivity contribution in [2.75, 3.05) is 32.0 Å². The van der Waals surface area contributed by atoms with Crippen LogP contribution in [0.2, 0.25) is 0 Å². The van der Waals surface area contributed by atoms with E-state index in [1.54, 1.807) is 0 Å². The number of carbonyl (C=O) groups excluding carboxylic acids is 1. The van der Waals surface area contributed by atoms with Crippen LogP contribution < -0.4 is 11.5 Å². The SMILES string of the molecule is NC(=O)C1COCCN1CCc1nc2ccc(N)cc2[nH]1. The molecule has 1 unspecified atom stereocenters. The fourth-order valence-corrected chi connectivity index (χ4v) is 2.62. The summed E-state index contributed by atoms with van der Waals surface area (Å²) in [6, 6.07) is 5.25. The molecule has 5 N–H and O–H groups in total. The topological polar surface area (TPSA) is 110 Å². The van der Waals surface area contributed by atoms with Crippen LogP contribution in [-0.4, -0.2) is 53.1 Å². The van der Waals surface area contributed by atoms with E-state index in [1.807, 2.05) is 23.1 Å². The quantitative estimate of drug-likeness (QED) is 0.679. The Morgan fingerprint density at radius 2 is 2.38 bits per heavy atom. The number of amides is 1. The summed E-state index contributed by atoms with van der Waals surface area (Å²) in [4.78, 5) is 21.2. The normalized spacial score (nSPS) is 19.9. The Morgan fingerprint density at radius 1 is 1.52 bits per heavy atom. The van der Waals surface area contributed by atoms with Crippen molar-refractivity contribution in [1.82, 2.24) is 14.9 Å². The zero-order valence-electron chi connectivity index (χ0n) is 11.7. The number of H-pyrrole nitrogens is 1. The number of ether oxygens (including phenoxy) is 1. The Balaban J connectivity index is 1.69. The van der Waals surface area contributed by atoms with Gasteiger partial charge in [-0.25, -0.2) is 4.98 Å². The van der Waals surface area contributed by atoms with E-state index in [0.29, 0.717) is 32.0 Å². The summed E-state index contributed by atoms with van der Waals surface area (Å²) in [7, 11) is 0. The number of primary amides is 1. The number of morpholine rings is 1. The molecule has 1 atom stereocenters. The van der Waals surface area contributed by atoms with E-state index in [9.17, 15) is 4.79 Å². The van der Waals surface area contributed by atoms with E-state index in [2.05, 4.69) is 9.97 Å². The van der Waals surface area contributed by atoms with Crippen LogP contribution in [0.25, 0.3) is 11.0 Å². The van der Waals surface area contributed by atoms with E-state index in [-0.39, 0.29) is 11.9 Å². The molecule has 7 nitrogen and oxygen atoms in total. The molecule has 1 fully saturated rings. The molecule has 1 aliphatic heterocycles. The minimum Gasteiger partial charge on any atom is -0.399 e. The molecular weight excluding hydrogens is 270 g/mol. The summed E-state index contributed by atoms with van der Waals surface area (Å²) in [5.74, 6) is 0.539. The third-order valence-corrected chi connectivity index (χ3v) is 3.76. The zero-order chi connectivity index (χ0) is 14.8. The maximum absolute atomic E-state index is 11.4. The molecule has 0 bridgehead atoms. The molecule has 7 heteroatoms. The van der Waals surface area contributed by atoms with Gasteiger partial charge in [-0.1, -0.05) is 0 Å². The molecule has 1 aromatic heterocycles. The van der Waals surface area contributed by atoms with Crippen molar-refractivity contribution in [3.63, 3.8) is 0 Å². The molecule has 1 aliphatic rings. The zero-order valence-corrected chi connectivity index (χ0v) is 11.7. The molecule has 2 aromatic rings. The maximum atomic E-state index is 11.4. The number of anilines is 1. The lowest BCUT2D eigenvalue weighted by Gasteiger charge is -2.33. The minimum atomic E-state index is -0.348. The number of imidazole rings is 1. The molecule has 0 aliphatic carbocycles. The average molecular weight is 289 g/mol. The van der Waals surface area contributed by atoms with Gasteiger partial charge in [-0.15, -0.1) is 0 Å². The number of nitrogens with one attached hydrogen (secondary N) is 1. The van der Waals surface area contributed by atoms with Crippen LogP contribution in [0.5, 0.6) is 0 Å². The molecule has 1 amide bonds. The van der Waals surface area contributed by atoms with Crippen LogP contribution in [0, 0.1) is 0 Å². The Bertz CT molecular complexity index is 654. The van der Waals surface area contributed by atoms with Gasteiger partial charge in [-0.2, -0.15) is 0 Å². The largest absolute Gasteiger partial charge is 0.399 e. The Labute approximate surface area is 122 Å². The van der Waals surface area contributed by atoms with Gasteiger partial charge in [0.1, 0.15) is 11.9 Å². The molecular formula is C14H19N5O2.